The Hall–Kier alpha value is -2.25. The highest BCUT2D eigenvalue weighted by Gasteiger charge is 2.32. The van der Waals surface area contributed by atoms with Gasteiger partial charge in [0, 0.05) is 18.2 Å². The van der Waals surface area contributed by atoms with Gasteiger partial charge in [0.25, 0.3) is 0 Å². The molecule has 2 aromatic carbocycles. The predicted molar refractivity (Wildman–Crippen MR) is 98.8 cm³/mol. The number of hydrogen-bond donors (Lipinski definition) is 1. The lowest BCUT2D eigenvalue weighted by atomic mass is 10.0. The van der Waals surface area contributed by atoms with Crippen molar-refractivity contribution in [3.8, 4) is 0 Å². The van der Waals surface area contributed by atoms with Gasteiger partial charge in [-0.05, 0) is 42.7 Å². The zero-order chi connectivity index (χ0) is 18.9. The van der Waals surface area contributed by atoms with Crippen LogP contribution in [0.5, 0.6) is 0 Å². The third-order valence-electron chi connectivity index (χ3n) is 4.48. The van der Waals surface area contributed by atoms with Crippen molar-refractivity contribution in [3.63, 3.8) is 0 Å². The lowest BCUT2D eigenvalue weighted by Crippen LogP contribution is -2.39. The second kappa shape index (κ2) is 7.17. The number of fused-ring (bicyclic) bond motifs is 1. The molecule has 0 radical (unpaired) electrons. The molecule has 1 heterocycles. The molecule has 5 nitrogen and oxygen atoms in total. The van der Waals surface area contributed by atoms with Gasteiger partial charge in [0.15, 0.2) is 0 Å². The highest BCUT2D eigenvalue weighted by atomic mass is 32.2. The number of benzene rings is 2. The molecule has 0 saturated heterocycles. The number of nitrogens with one attached hydrogen (secondary N) is 1. The Kier molecular flexibility index (Phi) is 5.11. The highest BCUT2D eigenvalue weighted by molar-refractivity contribution is 7.88. The summed E-state index contributed by atoms with van der Waals surface area (Å²) in [5, 5.41) is 0. The number of para-hydroxylation sites is 1. The van der Waals surface area contributed by atoms with Gasteiger partial charge in [0.05, 0.1) is 12.3 Å². The number of rotatable bonds is 5. The van der Waals surface area contributed by atoms with Gasteiger partial charge in [-0.25, -0.2) is 17.5 Å². The van der Waals surface area contributed by atoms with E-state index in [1.54, 1.807) is 4.90 Å². The average molecular weight is 376 g/mol. The van der Waals surface area contributed by atoms with Gasteiger partial charge in [-0.3, -0.25) is 4.79 Å². The maximum atomic E-state index is 13.2. The number of carbonyl (C=O) groups excluding carboxylic acids is 1. The van der Waals surface area contributed by atoms with Gasteiger partial charge in [0.1, 0.15) is 5.82 Å². The van der Waals surface area contributed by atoms with Crippen LogP contribution in [-0.4, -0.2) is 26.6 Å². The molecule has 0 saturated carbocycles. The molecular formula is C19H21FN2O3S. The molecule has 26 heavy (non-hydrogen) atoms. The van der Waals surface area contributed by atoms with Crippen LogP contribution in [0.4, 0.5) is 10.1 Å². The Morgan fingerprint density at radius 2 is 1.88 bits per heavy atom. The monoisotopic (exact) mass is 376 g/mol. The van der Waals surface area contributed by atoms with Crippen LogP contribution >= 0.6 is 0 Å². The van der Waals surface area contributed by atoms with Gasteiger partial charge >= 0.3 is 0 Å². The van der Waals surface area contributed by atoms with E-state index in [0.29, 0.717) is 5.56 Å². The number of hydrogen-bond acceptors (Lipinski definition) is 3. The molecule has 3 rings (SSSR count). The maximum absolute atomic E-state index is 13.2. The van der Waals surface area contributed by atoms with E-state index in [-0.39, 0.29) is 18.4 Å². The standard InChI is InChI=1S/C19H21FN2O3S/c1-13-11-15-5-3-4-6-18(15)22(13)19(23)12-17(21-26(2,24)25)14-7-9-16(20)10-8-14/h3-10,13,17,21H,11-12H2,1-2H3/t13-,17+/m0/s1. The van der Waals surface area contributed by atoms with Crippen molar-refractivity contribution in [2.45, 2.75) is 31.8 Å². The van der Waals surface area contributed by atoms with Crippen LogP contribution < -0.4 is 9.62 Å². The Labute approximate surface area is 152 Å². The summed E-state index contributed by atoms with van der Waals surface area (Å²) in [6, 6.07) is 12.5. The molecule has 2 atom stereocenters. The summed E-state index contributed by atoms with van der Waals surface area (Å²) in [6.45, 7) is 1.97. The topological polar surface area (TPSA) is 66.5 Å². The van der Waals surface area contributed by atoms with Crippen LogP contribution in [0.25, 0.3) is 0 Å². The summed E-state index contributed by atoms with van der Waals surface area (Å²) in [7, 11) is -3.54. The fourth-order valence-electron chi connectivity index (χ4n) is 3.40. The Bertz CT molecular complexity index is 913. The smallest absolute Gasteiger partial charge is 0.229 e. The first-order chi connectivity index (χ1) is 12.2. The van der Waals surface area contributed by atoms with Gasteiger partial charge in [-0.15, -0.1) is 0 Å². The van der Waals surface area contributed by atoms with Crippen molar-refractivity contribution in [1.29, 1.82) is 0 Å². The van der Waals surface area contributed by atoms with Crippen molar-refractivity contribution in [3.05, 3.63) is 65.5 Å². The molecule has 138 valence electrons. The first-order valence-electron chi connectivity index (χ1n) is 8.37. The van der Waals surface area contributed by atoms with Crippen molar-refractivity contribution in [2.24, 2.45) is 0 Å². The number of nitrogens with zero attached hydrogens (tertiary/aromatic N) is 1. The van der Waals surface area contributed by atoms with Crippen LogP contribution in [0.3, 0.4) is 0 Å². The third kappa shape index (κ3) is 4.11. The maximum Gasteiger partial charge on any atom is 0.229 e. The van der Waals surface area contributed by atoms with E-state index >= 15 is 0 Å². The third-order valence-corrected chi connectivity index (χ3v) is 5.20. The molecule has 7 heteroatoms. The summed E-state index contributed by atoms with van der Waals surface area (Å²) in [5.74, 6) is -0.590. The Morgan fingerprint density at radius 1 is 1.23 bits per heavy atom. The van der Waals surface area contributed by atoms with E-state index in [1.807, 2.05) is 31.2 Å². The molecule has 0 aliphatic carbocycles. The molecule has 1 aliphatic heterocycles. The Balaban J connectivity index is 1.87. The molecule has 1 N–H and O–H groups in total. The van der Waals surface area contributed by atoms with E-state index in [9.17, 15) is 17.6 Å². The minimum absolute atomic E-state index is 0.00648. The zero-order valence-electron chi connectivity index (χ0n) is 14.6. The summed E-state index contributed by atoms with van der Waals surface area (Å²) in [4.78, 5) is 14.7. The van der Waals surface area contributed by atoms with Gasteiger partial charge < -0.3 is 4.90 Å². The number of anilines is 1. The minimum Gasteiger partial charge on any atom is -0.309 e. The van der Waals surface area contributed by atoms with E-state index in [2.05, 4.69) is 4.72 Å². The quantitative estimate of drug-likeness (QED) is 0.873. The van der Waals surface area contributed by atoms with Crippen LogP contribution in [0.1, 0.15) is 30.5 Å². The second-order valence-electron chi connectivity index (χ2n) is 6.64. The fraction of sp³-hybridized carbons (Fsp3) is 0.316. The molecule has 0 fully saturated rings. The van der Waals surface area contributed by atoms with Crippen LogP contribution in [0, 0.1) is 5.82 Å². The molecule has 0 bridgehead atoms. The molecule has 1 aliphatic rings. The van der Waals surface area contributed by atoms with Crippen LogP contribution in [-0.2, 0) is 21.2 Å². The summed E-state index contributed by atoms with van der Waals surface area (Å²) >= 11 is 0. The molecule has 0 spiro atoms. The molecular weight excluding hydrogens is 355 g/mol. The normalized spacial score (nSPS) is 17.8. The zero-order valence-corrected chi connectivity index (χ0v) is 15.5. The number of halogens is 1. The number of amides is 1. The van der Waals surface area contributed by atoms with E-state index in [0.717, 1.165) is 23.9 Å². The molecule has 0 unspecified atom stereocenters. The average Bonchev–Trinajstić information content (AvgIpc) is 2.89. The fourth-order valence-corrected chi connectivity index (χ4v) is 4.14. The van der Waals surface area contributed by atoms with Crippen molar-refractivity contribution >= 4 is 21.6 Å². The minimum atomic E-state index is -3.54. The summed E-state index contributed by atoms with van der Waals surface area (Å²) in [6.07, 6.45) is 1.77. The number of sulfonamides is 1. The largest absolute Gasteiger partial charge is 0.309 e. The predicted octanol–water partition coefficient (Wildman–Crippen LogP) is 2.78. The second-order valence-corrected chi connectivity index (χ2v) is 8.42. The highest BCUT2D eigenvalue weighted by Crippen LogP contribution is 2.33. The van der Waals surface area contributed by atoms with Crippen molar-refractivity contribution in [2.75, 3.05) is 11.2 Å². The molecule has 1 amide bonds. The van der Waals surface area contributed by atoms with Crippen LogP contribution in [0.15, 0.2) is 48.5 Å². The first-order valence-corrected chi connectivity index (χ1v) is 10.3. The van der Waals surface area contributed by atoms with Crippen molar-refractivity contribution in [1.82, 2.24) is 4.72 Å². The Morgan fingerprint density at radius 3 is 2.54 bits per heavy atom. The van der Waals surface area contributed by atoms with Gasteiger partial charge in [0.2, 0.25) is 15.9 Å². The SMILES string of the molecule is C[C@H]1Cc2ccccc2N1C(=O)C[C@@H](NS(C)(=O)=O)c1ccc(F)cc1. The van der Waals surface area contributed by atoms with E-state index in [4.69, 9.17) is 0 Å². The summed E-state index contributed by atoms with van der Waals surface area (Å²) < 4.78 is 39.2. The first kappa shape index (κ1) is 18.5. The van der Waals surface area contributed by atoms with Gasteiger partial charge in [-0.1, -0.05) is 30.3 Å². The van der Waals surface area contributed by atoms with Crippen molar-refractivity contribution < 1.29 is 17.6 Å². The molecule has 2 aromatic rings. The number of carbonyl (C=O) groups is 1. The lowest BCUT2D eigenvalue weighted by Gasteiger charge is -2.26. The van der Waals surface area contributed by atoms with Gasteiger partial charge in [-0.2, -0.15) is 0 Å². The van der Waals surface area contributed by atoms with E-state index in [1.165, 1.54) is 24.3 Å². The summed E-state index contributed by atoms with van der Waals surface area (Å²) in [5.41, 5.74) is 2.51. The van der Waals surface area contributed by atoms with E-state index < -0.39 is 21.9 Å². The van der Waals surface area contributed by atoms with Crippen LogP contribution in [0.2, 0.25) is 0 Å². The lowest BCUT2D eigenvalue weighted by molar-refractivity contribution is -0.119. The molecule has 0 aromatic heterocycles.